The predicted molar refractivity (Wildman–Crippen MR) is 71.4 cm³/mol. The SMILES string of the molecule is CCC1C(=O)NCC(=O)N1C(C)Cc1ccsc1. The molecule has 1 aromatic rings. The second kappa shape index (κ2) is 5.52. The lowest BCUT2D eigenvalue weighted by molar-refractivity contribution is -0.148. The number of rotatable bonds is 4. The van der Waals surface area contributed by atoms with Crippen LogP contribution in [0.1, 0.15) is 25.8 Å². The quantitative estimate of drug-likeness (QED) is 0.896. The van der Waals surface area contributed by atoms with Gasteiger partial charge in [0.1, 0.15) is 6.04 Å². The van der Waals surface area contributed by atoms with E-state index >= 15 is 0 Å². The van der Waals surface area contributed by atoms with Gasteiger partial charge in [-0.25, -0.2) is 0 Å². The minimum absolute atomic E-state index is 0.0178. The predicted octanol–water partition coefficient (Wildman–Crippen LogP) is 1.42. The van der Waals surface area contributed by atoms with Crippen LogP contribution >= 0.6 is 11.3 Å². The summed E-state index contributed by atoms with van der Waals surface area (Å²) in [6.07, 6.45) is 1.46. The van der Waals surface area contributed by atoms with E-state index in [0.29, 0.717) is 6.42 Å². The van der Waals surface area contributed by atoms with Crippen molar-refractivity contribution in [2.24, 2.45) is 0 Å². The molecule has 5 heteroatoms. The molecule has 0 bridgehead atoms. The Morgan fingerprint density at radius 3 is 2.94 bits per heavy atom. The highest BCUT2D eigenvalue weighted by atomic mass is 32.1. The first-order chi connectivity index (χ1) is 8.63. The molecule has 2 amide bonds. The van der Waals surface area contributed by atoms with E-state index in [2.05, 4.69) is 16.8 Å². The lowest BCUT2D eigenvalue weighted by atomic mass is 10.0. The van der Waals surface area contributed by atoms with Gasteiger partial charge in [0.15, 0.2) is 0 Å². The Balaban J connectivity index is 2.12. The maximum absolute atomic E-state index is 12.0. The number of piperazine rings is 1. The minimum atomic E-state index is -0.320. The van der Waals surface area contributed by atoms with Crippen LogP contribution in [0, 0.1) is 0 Å². The molecule has 1 aliphatic heterocycles. The van der Waals surface area contributed by atoms with Gasteiger partial charge in [0.05, 0.1) is 6.54 Å². The van der Waals surface area contributed by atoms with Gasteiger partial charge >= 0.3 is 0 Å². The summed E-state index contributed by atoms with van der Waals surface area (Å²) >= 11 is 1.65. The molecule has 98 valence electrons. The largest absolute Gasteiger partial charge is 0.345 e. The first kappa shape index (κ1) is 13.1. The van der Waals surface area contributed by atoms with Crippen LogP contribution in [0.25, 0.3) is 0 Å². The van der Waals surface area contributed by atoms with Gasteiger partial charge in [-0.15, -0.1) is 0 Å². The Hall–Kier alpha value is -1.36. The molecule has 0 aromatic carbocycles. The average molecular weight is 266 g/mol. The van der Waals surface area contributed by atoms with Crippen LogP contribution in [0.2, 0.25) is 0 Å². The van der Waals surface area contributed by atoms with E-state index in [1.807, 2.05) is 19.2 Å². The number of carbonyl (C=O) groups is 2. The van der Waals surface area contributed by atoms with E-state index in [0.717, 1.165) is 6.42 Å². The molecule has 0 spiro atoms. The highest BCUT2D eigenvalue weighted by molar-refractivity contribution is 7.07. The van der Waals surface area contributed by atoms with Crippen molar-refractivity contribution in [3.05, 3.63) is 22.4 Å². The summed E-state index contributed by atoms with van der Waals surface area (Å²) in [5.41, 5.74) is 1.22. The zero-order valence-corrected chi connectivity index (χ0v) is 11.5. The summed E-state index contributed by atoms with van der Waals surface area (Å²) in [5.74, 6) is -0.0153. The molecule has 2 unspecified atom stereocenters. The zero-order valence-electron chi connectivity index (χ0n) is 10.7. The minimum Gasteiger partial charge on any atom is -0.345 e. The third-order valence-corrected chi connectivity index (χ3v) is 4.05. The first-order valence-corrected chi connectivity index (χ1v) is 7.17. The zero-order chi connectivity index (χ0) is 13.1. The maximum atomic E-state index is 12.0. The van der Waals surface area contributed by atoms with E-state index in [9.17, 15) is 9.59 Å². The summed E-state index contributed by atoms with van der Waals surface area (Å²) in [5, 5.41) is 6.77. The summed E-state index contributed by atoms with van der Waals surface area (Å²) in [4.78, 5) is 25.5. The second-order valence-electron chi connectivity index (χ2n) is 4.63. The molecule has 18 heavy (non-hydrogen) atoms. The molecule has 0 aliphatic carbocycles. The normalized spacial score (nSPS) is 21.9. The highest BCUT2D eigenvalue weighted by Crippen LogP contribution is 2.18. The van der Waals surface area contributed by atoms with Crippen LogP contribution in [0.15, 0.2) is 16.8 Å². The number of hydrogen-bond donors (Lipinski definition) is 1. The van der Waals surface area contributed by atoms with Gasteiger partial charge in [-0.1, -0.05) is 6.92 Å². The molecule has 1 fully saturated rings. The van der Waals surface area contributed by atoms with Crippen LogP contribution in [-0.2, 0) is 16.0 Å². The average Bonchev–Trinajstić information content (AvgIpc) is 2.84. The van der Waals surface area contributed by atoms with Crippen LogP contribution < -0.4 is 5.32 Å². The van der Waals surface area contributed by atoms with Gasteiger partial charge in [-0.05, 0) is 42.2 Å². The smallest absolute Gasteiger partial charge is 0.243 e. The third kappa shape index (κ3) is 2.56. The Labute approximate surface area is 111 Å². The topological polar surface area (TPSA) is 49.4 Å². The van der Waals surface area contributed by atoms with Crippen LogP contribution in [-0.4, -0.2) is 35.3 Å². The molecule has 1 N–H and O–H groups in total. The van der Waals surface area contributed by atoms with E-state index in [-0.39, 0.29) is 30.4 Å². The number of nitrogens with one attached hydrogen (secondary N) is 1. The van der Waals surface area contributed by atoms with Crippen molar-refractivity contribution in [1.82, 2.24) is 10.2 Å². The lowest BCUT2D eigenvalue weighted by Crippen LogP contribution is -2.61. The van der Waals surface area contributed by atoms with Gasteiger partial charge < -0.3 is 10.2 Å². The van der Waals surface area contributed by atoms with Gasteiger partial charge in [0.25, 0.3) is 0 Å². The van der Waals surface area contributed by atoms with Crippen molar-refractivity contribution in [2.75, 3.05) is 6.54 Å². The molecule has 1 aromatic heterocycles. The van der Waals surface area contributed by atoms with E-state index in [4.69, 9.17) is 0 Å². The highest BCUT2D eigenvalue weighted by Gasteiger charge is 2.35. The fraction of sp³-hybridized carbons (Fsp3) is 0.538. The van der Waals surface area contributed by atoms with Gasteiger partial charge in [0.2, 0.25) is 11.8 Å². The van der Waals surface area contributed by atoms with E-state index < -0.39 is 0 Å². The Morgan fingerprint density at radius 2 is 2.33 bits per heavy atom. The monoisotopic (exact) mass is 266 g/mol. The second-order valence-corrected chi connectivity index (χ2v) is 5.41. The first-order valence-electron chi connectivity index (χ1n) is 6.23. The number of amides is 2. The maximum Gasteiger partial charge on any atom is 0.243 e. The summed E-state index contributed by atoms with van der Waals surface area (Å²) in [6, 6.07) is 1.80. The van der Waals surface area contributed by atoms with Gasteiger partial charge in [-0.3, -0.25) is 9.59 Å². The van der Waals surface area contributed by atoms with Gasteiger partial charge in [-0.2, -0.15) is 11.3 Å². The van der Waals surface area contributed by atoms with Crippen molar-refractivity contribution in [3.63, 3.8) is 0 Å². The summed E-state index contributed by atoms with van der Waals surface area (Å²) in [6.45, 7) is 4.08. The lowest BCUT2D eigenvalue weighted by Gasteiger charge is -2.38. The van der Waals surface area contributed by atoms with Crippen LogP contribution in [0.4, 0.5) is 0 Å². The fourth-order valence-corrected chi connectivity index (χ4v) is 3.14. The molecular weight excluding hydrogens is 248 g/mol. The van der Waals surface area contributed by atoms with Crippen molar-refractivity contribution in [1.29, 1.82) is 0 Å². The summed E-state index contributed by atoms with van der Waals surface area (Å²) < 4.78 is 0. The molecule has 0 radical (unpaired) electrons. The molecule has 1 aliphatic rings. The number of carbonyl (C=O) groups excluding carboxylic acids is 2. The van der Waals surface area contributed by atoms with Crippen molar-refractivity contribution < 1.29 is 9.59 Å². The molecule has 2 rings (SSSR count). The molecular formula is C13H18N2O2S. The number of thiophene rings is 1. The summed E-state index contributed by atoms with van der Waals surface area (Å²) in [7, 11) is 0. The van der Waals surface area contributed by atoms with Crippen LogP contribution in [0.5, 0.6) is 0 Å². The molecule has 0 saturated carbocycles. The van der Waals surface area contributed by atoms with Gasteiger partial charge in [0, 0.05) is 6.04 Å². The molecule has 4 nitrogen and oxygen atoms in total. The standard InChI is InChI=1S/C13H18N2O2S/c1-3-11-13(17)14-7-12(16)15(11)9(2)6-10-4-5-18-8-10/h4-5,8-9,11H,3,6-7H2,1-2H3,(H,14,17). The van der Waals surface area contributed by atoms with Crippen LogP contribution in [0.3, 0.4) is 0 Å². The third-order valence-electron chi connectivity index (χ3n) is 3.31. The van der Waals surface area contributed by atoms with Crippen molar-refractivity contribution in [2.45, 2.75) is 38.8 Å². The number of nitrogens with zero attached hydrogens (tertiary/aromatic N) is 1. The Morgan fingerprint density at radius 1 is 1.56 bits per heavy atom. The van der Waals surface area contributed by atoms with E-state index in [1.165, 1.54) is 5.56 Å². The van der Waals surface area contributed by atoms with Crippen molar-refractivity contribution >= 4 is 23.2 Å². The Bertz CT molecular complexity index is 430. The fourth-order valence-electron chi connectivity index (χ4n) is 2.46. The molecule has 2 atom stereocenters. The molecule has 1 saturated heterocycles. The molecule has 2 heterocycles. The Kier molecular flexibility index (Phi) is 4.01. The number of hydrogen-bond acceptors (Lipinski definition) is 3. The van der Waals surface area contributed by atoms with E-state index in [1.54, 1.807) is 16.2 Å². The van der Waals surface area contributed by atoms with Crippen molar-refractivity contribution in [3.8, 4) is 0 Å².